The van der Waals surface area contributed by atoms with Gasteiger partial charge in [0, 0.05) is 6.21 Å². The van der Waals surface area contributed by atoms with Gasteiger partial charge in [-0.2, -0.15) is 0 Å². The Kier molecular flexibility index (Phi) is 1.87. The lowest BCUT2D eigenvalue weighted by Gasteiger charge is -2.27. The average molecular weight is 155 g/mol. The molecular weight excluding hydrogens is 142 g/mol. The van der Waals surface area contributed by atoms with E-state index in [1.165, 1.54) is 0 Å². The first-order valence-corrected chi connectivity index (χ1v) is 3.42. The van der Waals surface area contributed by atoms with Gasteiger partial charge in [-0.1, -0.05) is 0 Å². The molecule has 4 nitrogen and oxygen atoms in total. The van der Waals surface area contributed by atoms with Crippen molar-refractivity contribution in [2.24, 2.45) is 10.7 Å². The van der Waals surface area contributed by atoms with Crippen LogP contribution in [-0.4, -0.2) is 19.0 Å². The fourth-order valence-electron chi connectivity index (χ4n) is 0.856. The average Bonchev–Trinajstić information content (AvgIpc) is 1.94. The zero-order valence-electron chi connectivity index (χ0n) is 7.01. The van der Waals surface area contributed by atoms with E-state index in [4.69, 9.17) is 10.5 Å². The van der Waals surface area contributed by atoms with Gasteiger partial charge >= 0.3 is 0 Å². The van der Waals surface area contributed by atoms with Crippen LogP contribution in [0.4, 0.5) is 0 Å². The second-order valence-corrected chi connectivity index (χ2v) is 2.78. The van der Waals surface area contributed by atoms with Gasteiger partial charge < -0.3 is 15.8 Å². The summed E-state index contributed by atoms with van der Waals surface area (Å²) >= 11 is 0. The molecule has 0 fully saturated rings. The van der Waals surface area contributed by atoms with E-state index in [0.29, 0.717) is 5.88 Å². The topological polar surface area (TPSA) is 59.6 Å². The van der Waals surface area contributed by atoms with Crippen LogP contribution in [0.3, 0.4) is 0 Å². The Morgan fingerprint density at radius 2 is 2.36 bits per heavy atom. The zero-order valence-corrected chi connectivity index (χ0v) is 7.01. The minimum absolute atomic E-state index is 0.592. The molecule has 0 aromatic heterocycles. The Labute approximate surface area is 66.1 Å². The number of methoxy groups -OCH3 is 1. The second-order valence-electron chi connectivity index (χ2n) is 2.78. The summed E-state index contributed by atoms with van der Waals surface area (Å²) in [7, 11) is 1.59. The molecular formula is C7H13N3O. The van der Waals surface area contributed by atoms with Gasteiger partial charge in [0.15, 0.2) is 0 Å². The molecule has 0 aromatic carbocycles. The molecule has 11 heavy (non-hydrogen) atoms. The van der Waals surface area contributed by atoms with Crippen molar-refractivity contribution in [1.82, 2.24) is 5.32 Å². The lowest BCUT2D eigenvalue weighted by Crippen LogP contribution is -2.53. The van der Waals surface area contributed by atoms with Crippen molar-refractivity contribution in [2.45, 2.75) is 19.5 Å². The van der Waals surface area contributed by atoms with E-state index < -0.39 is 5.66 Å². The summed E-state index contributed by atoms with van der Waals surface area (Å²) in [5.41, 5.74) is 5.95. The number of hydrogen-bond acceptors (Lipinski definition) is 4. The van der Waals surface area contributed by atoms with Crippen molar-refractivity contribution >= 4 is 6.21 Å². The molecule has 1 aliphatic heterocycles. The summed E-state index contributed by atoms with van der Waals surface area (Å²) in [6.07, 6.45) is 1.66. The Morgan fingerprint density at radius 1 is 1.73 bits per heavy atom. The number of allylic oxidation sites excluding steroid dienone is 1. The van der Waals surface area contributed by atoms with E-state index in [1.807, 2.05) is 13.8 Å². The van der Waals surface area contributed by atoms with Crippen LogP contribution in [0.1, 0.15) is 13.8 Å². The van der Waals surface area contributed by atoms with Crippen LogP contribution in [0.25, 0.3) is 0 Å². The highest BCUT2D eigenvalue weighted by atomic mass is 16.5. The van der Waals surface area contributed by atoms with Crippen molar-refractivity contribution in [3.63, 3.8) is 0 Å². The molecule has 1 aliphatic rings. The van der Waals surface area contributed by atoms with Gasteiger partial charge in [0.05, 0.1) is 12.8 Å². The molecule has 1 unspecified atom stereocenters. The Balaban J connectivity index is 2.84. The molecule has 0 aliphatic carbocycles. The van der Waals surface area contributed by atoms with Gasteiger partial charge in [-0.3, -0.25) is 4.99 Å². The number of hydrogen-bond donors (Lipinski definition) is 2. The molecule has 4 heteroatoms. The summed E-state index contributed by atoms with van der Waals surface area (Å²) in [4.78, 5) is 4.08. The molecule has 1 rings (SSSR count). The first-order chi connectivity index (χ1) is 5.05. The first kappa shape index (κ1) is 8.07. The molecule has 0 bridgehead atoms. The fraction of sp³-hybridized carbons (Fsp3) is 0.571. The number of rotatable bonds is 1. The van der Waals surface area contributed by atoms with Gasteiger partial charge in [0.25, 0.3) is 0 Å². The summed E-state index contributed by atoms with van der Waals surface area (Å²) < 4.78 is 5.01. The third-order valence-electron chi connectivity index (χ3n) is 1.44. The van der Waals surface area contributed by atoms with Crippen LogP contribution in [0.2, 0.25) is 0 Å². The summed E-state index contributed by atoms with van der Waals surface area (Å²) in [5.74, 6) is 0.637. The van der Waals surface area contributed by atoms with E-state index in [1.54, 1.807) is 13.3 Å². The van der Waals surface area contributed by atoms with Crippen LogP contribution < -0.4 is 11.1 Å². The maximum atomic E-state index is 5.73. The molecule has 0 amide bonds. The monoisotopic (exact) mass is 155 g/mol. The zero-order chi connectivity index (χ0) is 8.48. The third kappa shape index (κ3) is 1.71. The smallest absolute Gasteiger partial charge is 0.210 e. The molecule has 0 radical (unpaired) electrons. The molecule has 0 aromatic rings. The highest BCUT2D eigenvalue weighted by Gasteiger charge is 2.21. The maximum Gasteiger partial charge on any atom is 0.210 e. The molecule has 1 atom stereocenters. The van der Waals surface area contributed by atoms with Gasteiger partial charge in [0.2, 0.25) is 5.88 Å². The van der Waals surface area contributed by atoms with Crippen molar-refractivity contribution in [3.8, 4) is 0 Å². The third-order valence-corrected chi connectivity index (χ3v) is 1.44. The number of nitrogens with zero attached hydrogens (tertiary/aromatic N) is 1. The van der Waals surface area contributed by atoms with Gasteiger partial charge in [-0.05, 0) is 13.8 Å². The summed E-state index contributed by atoms with van der Waals surface area (Å²) in [5, 5.41) is 2.98. The minimum atomic E-state index is -0.592. The second kappa shape index (κ2) is 2.54. The molecule has 62 valence electrons. The predicted molar refractivity (Wildman–Crippen MR) is 43.9 cm³/mol. The molecule has 0 saturated heterocycles. The highest BCUT2D eigenvalue weighted by molar-refractivity contribution is 5.71. The quantitative estimate of drug-likeness (QED) is 0.567. The van der Waals surface area contributed by atoms with E-state index in [0.717, 1.165) is 5.70 Å². The van der Waals surface area contributed by atoms with Crippen LogP contribution in [-0.2, 0) is 4.74 Å². The van der Waals surface area contributed by atoms with Crippen molar-refractivity contribution in [1.29, 1.82) is 0 Å². The number of nitrogens with one attached hydrogen (secondary N) is 1. The summed E-state index contributed by atoms with van der Waals surface area (Å²) in [6.45, 7) is 3.68. The van der Waals surface area contributed by atoms with E-state index in [-0.39, 0.29) is 0 Å². The van der Waals surface area contributed by atoms with E-state index in [9.17, 15) is 0 Å². The van der Waals surface area contributed by atoms with E-state index >= 15 is 0 Å². The molecule has 0 spiro atoms. The number of aliphatic imine (C=N–C) groups is 1. The standard InChI is InChI=1S/C7H13N3O/c1-5-6(11-3)10-7(2,8)4-9-5/h4,10H,8H2,1-3H3. The van der Waals surface area contributed by atoms with Gasteiger partial charge in [-0.25, -0.2) is 0 Å². The predicted octanol–water partition coefficient (Wildman–Crippen LogP) is 0.171. The minimum Gasteiger partial charge on any atom is -0.481 e. The SMILES string of the molecule is COC1=C(C)N=CC(C)(N)N1. The van der Waals surface area contributed by atoms with Crippen molar-refractivity contribution in [3.05, 3.63) is 11.6 Å². The van der Waals surface area contributed by atoms with Crippen molar-refractivity contribution in [2.75, 3.05) is 7.11 Å². The maximum absolute atomic E-state index is 5.73. The van der Waals surface area contributed by atoms with E-state index in [2.05, 4.69) is 10.3 Å². The van der Waals surface area contributed by atoms with Crippen LogP contribution in [0.5, 0.6) is 0 Å². The van der Waals surface area contributed by atoms with Gasteiger partial charge in [-0.15, -0.1) is 0 Å². The van der Waals surface area contributed by atoms with Crippen LogP contribution in [0, 0.1) is 0 Å². The lowest BCUT2D eigenvalue weighted by molar-refractivity contribution is 0.235. The Morgan fingerprint density at radius 3 is 2.82 bits per heavy atom. The Hall–Kier alpha value is -1.03. The first-order valence-electron chi connectivity index (χ1n) is 3.42. The normalized spacial score (nSPS) is 30.2. The Bertz CT molecular complexity index is 218. The van der Waals surface area contributed by atoms with Gasteiger partial charge in [0.1, 0.15) is 5.66 Å². The van der Waals surface area contributed by atoms with Crippen LogP contribution in [0.15, 0.2) is 16.6 Å². The largest absolute Gasteiger partial charge is 0.481 e. The number of ether oxygens (including phenoxy) is 1. The fourth-order valence-corrected chi connectivity index (χ4v) is 0.856. The summed E-state index contributed by atoms with van der Waals surface area (Å²) in [6, 6.07) is 0. The molecule has 1 heterocycles. The molecule has 3 N–H and O–H groups in total. The van der Waals surface area contributed by atoms with Crippen LogP contribution >= 0.6 is 0 Å². The molecule has 0 saturated carbocycles. The lowest BCUT2D eigenvalue weighted by atomic mass is 10.2. The number of nitrogens with two attached hydrogens (primary N) is 1. The highest BCUT2D eigenvalue weighted by Crippen LogP contribution is 2.10. The van der Waals surface area contributed by atoms with Crippen molar-refractivity contribution < 1.29 is 4.74 Å².